The molecule has 0 N–H and O–H groups in total. The van der Waals surface area contributed by atoms with E-state index in [0.717, 1.165) is 0 Å². The molecule has 9 heteroatoms. The molecule has 0 radical (unpaired) electrons. The van der Waals surface area contributed by atoms with Crippen LogP contribution in [0.5, 0.6) is 23.0 Å². The van der Waals surface area contributed by atoms with Crippen LogP contribution < -0.4 is 23.8 Å². The summed E-state index contributed by atoms with van der Waals surface area (Å²) in [4.78, 5) is 25.5. The molecule has 0 atom stereocenters. The molecule has 0 aliphatic carbocycles. The molecule has 160 valence electrons. The Hall–Kier alpha value is -3.49. The number of nitrogens with zero attached hydrogens (tertiary/aromatic N) is 2. The van der Waals surface area contributed by atoms with E-state index in [1.165, 1.54) is 23.1 Å². The summed E-state index contributed by atoms with van der Waals surface area (Å²) in [5.74, 6) is 1.32. The van der Waals surface area contributed by atoms with Crippen molar-refractivity contribution in [3.05, 3.63) is 46.0 Å². The zero-order chi connectivity index (χ0) is 21.7. The molecule has 3 rings (SSSR count). The molecule has 2 aromatic carbocycles. The largest absolute Gasteiger partial charge is 0.490 e. The van der Waals surface area contributed by atoms with E-state index in [2.05, 4.69) is 0 Å². The third-order valence-corrected chi connectivity index (χ3v) is 4.42. The molecule has 0 spiro atoms. The summed E-state index contributed by atoms with van der Waals surface area (Å²) in [6.45, 7) is 7.24. The predicted octanol–water partition coefficient (Wildman–Crippen LogP) is 3.83. The molecule has 0 saturated carbocycles. The summed E-state index contributed by atoms with van der Waals surface area (Å²) < 4.78 is 22.6. The van der Waals surface area contributed by atoms with Crippen LogP contribution in [-0.4, -0.2) is 43.8 Å². The quantitative estimate of drug-likeness (QED) is 0.476. The van der Waals surface area contributed by atoms with Crippen LogP contribution in [0.15, 0.2) is 30.3 Å². The van der Waals surface area contributed by atoms with E-state index >= 15 is 0 Å². The van der Waals surface area contributed by atoms with Crippen LogP contribution in [0.25, 0.3) is 0 Å². The maximum atomic E-state index is 13.4. The molecule has 0 bridgehead atoms. The average Bonchev–Trinajstić information content (AvgIpc) is 2.74. The van der Waals surface area contributed by atoms with Crippen molar-refractivity contribution < 1.29 is 28.7 Å². The van der Waals surface area contributed by atoms with Crippen molar-refractivity contribution in [1.82, 2.24) is 0 Å². The normalized spacial score (nSPS) is 12.6. The van der Waals surface area contributed by atoms with Crippen molar-refractivity contribution in [2.24, 2.45) is 0 Å². The van der Waals surface area contributed by atoms with Gasteiger partial charge in [0, 0.05) is 17.7 Å². The monoisotopic (exact) mass is 416 g/mol. The number of anilines is 1. The van der Waals surface area contributed by atoms with Gasteiger partial charge in [-0.05, 0) is 39.0 Å². The van der Waals surface area contributed by atoms with E-state index in [-0.39, 0.29) is 24.7 Å². The topological polar surface area (TPSA) is 100 Å². The van der Waals surface area contributed by atoms with E-state index < -0.39 is 4.92 Å². The zero-order valence-electron chi connectivity index (χ0n) is 17.2. The molecule has 1 aliphatic rings. The van der Waals surface area contributed by atoms with Gasteiger partial charge in [0.05, 0.1) is 37.0 Å². The number of nitro groups is 1. The van der Waals surface area contributed by atoms with E-state index in [0.29, 0.717) is 54.1 Å². The van der Waals surface area contributed by atoms with Crippen LogP contribution in [0.4, 0.5) is 11.4 Å². The number of non-ortho nitro benzene ring substituents is 1. The Bertz CT molecular complexity index is 918. The first-order valence-electron chi connectivity index (χ1n) is 9.79. The van der Waals surface area contributed by atoms with Gasteiger partial charge in [0.2, 0.25) is 5.75 Å². The fraction of sp³-hybridized carbons (Fsp3) is 0.381. The summed E-state index contributed by atoms with van der Waals surface area (Å²) in [5, 5.41) is 11.2. The summed E-state index contributed by atoms with van der Waals surface area (Å²) in [7, 11) is 0. The van der Waals surface area contributed by atoms with Crippen molar-refractivity contribution in [2.75, 3.05) is 37.9 Å². The Kier molecular flexibility index (Phi) is 6.61. The highest BCUT2D eigenvalue weighted by atomic mass is 16.6. The van der Waals surface area contributed by atoms with Gasteiger partial charge in [-0.3, -0.25) is 14.9 Å². The number of amides is 1. The number of carbonyl (C=O) groups excluding carboxylic acids is 1. The highest BCUT2D eigenvalue weighted by Crippen LogP contribution is 2.41. The molecule has 9 nitrogen and oxygen atoms in total. The first-order valence-corrected chi connectivity index (χ1v) is 9.79. The molecule has 2 aromatic rings. The van der Waals surface area contributed by atoms with Gasteiger partial charge in [0.15, 0.2) is 11.5 Å². The summed E-state index contributed by atoms with van der Waals surface area (Å²) in [6, 6.07) is 7.40. The van der Waals surface area contributed by atoms with Crippen molar-refractivity contribution in [3.63, 3.8) is 0 Å². The van der Waals surface area contributed by atoms with Crippen LogP contribution in [0.2, 0.25) is 0 Å². The molecule has 0 fully saturated rings. The molecule has 30 heavy (non-hydrogen) atoms. The van der Waals surface area contributed by atoms with E-state index in [1.54, 1.807) is 12.1 Å². The van der Waals surface area contributed by atoms with E-state index in [9.17, 15) is 14.9 Å². The standard InChI is InChI=1S/C21H24N2O7/c1-4-27-18-11-14(12-19(28-5-2)20(18)29-6-3)21(24)22-9-10-30-17-8-7-15(23(25)26)13-16(17)22/h7-8,11-13H,4-6,9-10H2,1-3H3. The van der Waals surface area contributed by atoms with Crippen molar-refractivity contribution in [3.8, 4) is 23.0 Å². The number of hydrogen-bond donors (Lipinski definition) is 0. The van der Waals surface area contributed by atoms with Crippen molar-refractivity contribution >= 4 is 17.3 Å². The number of carbonyl (C=O) groups is 1. The van der Waals surface area contributed by atoms with Crippen molar-refractivity contribution in [1.29, 1.82) is 0 Å². The molecule has 1 aliphatic heterocycles. The van der Waals surface area contributed by atoms with Gasteiger partial charge < -0.3 is 23.8 Å². The Labute approximate surface area is 174 Å². The second-order valence-corrected chi connectivity index (χ2v) is 6.32. The first kappa shape index (κ1) is 21.2. The lowest BCUT2D eigenvalue weighted by Gasteiger charge is -2.29. The van der Waals surface area contributed by atoms with Gasteiger partial charge >= 0.3 is 0 Å². The number of nitro benzene ring substituents is 1. The number of hydrogen-bond acceptors (Lipinski definition) is 7. The molecule has 0 saturated heterocycles. The van der Waals surface area contributed by atoms with Gasteiger partial charge in [0.25, 0.3) is 11.6 Å². The van der Waals surface area contributed by atoms with Crippen LogP contribution >= 0.6 is 0 Å². The number of benzene rings is 2. The summed E-state index contributed by atoms with van der Waals surface area (Å²) in [5.41, 5.74) is 0.559. The highest BCUT2D eigenvalue weighted by Gasteiger charge is 2.28. The lowest BCUT2D eigenvalue weighted by Crippen LogP contribution is -2.38. The Morgan fingerprint density at radius 3 is 2.27 bits per heavy atom. The maximum Gasteiger partial charge on any atom is 0.271 e. The third kappa shape index (κ3) is 4.24. The predicted molar refractivity (Wildman–Crippen MR) is 110 cm³/mol. The van der Waals surface area contributed by atoms with Gasteiger partial charge in [-0.2, -0.15) is 0 Å². The van der Waals surface area contributed by atoms with Crippen LogP contribution in [0.1, 0.15) is 31.1 Å². The molecular formula is C21H24N2O7. The van der Waals surface area contributed by atoms with Crippen LogP contribution in [-0.2, 0) is 0 Å². The lowest BCUT2D eigenvalue weighted by atomic mass is 10.1. The fourth-order valence-electron chi connectivity index (χ4n) is 3.20. The molecule has 1 amide bonds. The van der Waals surface area contributed by atoms with Gasteiger partial charge in [-0.15, -0.1) is 0 Å². The van der Waals surface area contributed by atoms with E-state index in [4.69, 9.17) is 18.9 Å². The van der Waals surface area contributed by atoms with Gasteiger partial charge in [-0.25, -0.2) is 0 Å². The molecule has 1 heterocycles. The van der Waals surface area contributed by atoms with Crippen LogP contribution in [0, 0.1) is 10.1 Å². The second-order valence-electron chi connectivity index (χ2n) is 6.32. The Morgan fingerprint density at radius 2 is 1.70 bits per heavy atom. The zero-order valence-corrected chi connectivity index (χ0v) is 17.2. The first-order chi connectivity index (χ1) is 14.5. The third-order valence-electron chi connectivity index (χ3n) is 4.42. The van der Waals surface area contributed by atoms with Gasteiger partial charge in [0.1, 0.15) is 12.4 Å². The maximum absolute atomic E-state index is 13.4. The van der Waals surface area contributed by atoms with Crippen LogP contribution in [0.3, 0.4) is 0 Å². The summed E-state index contributed by atoms with van der Waals surface area (Å²) in [6.07, 6.45) is 0. The minimum absolute atomic E-state index is 0.117. The van der Waals surface area contributed by atoms with E-state index in [1.807, 2.05) is 20.8 Å². The SMILES string of the molecule is CCOc1cc(C(=O)N2CCOc3ccc([N+](=O)[O-])cc32)cc(OCC)c1OCC. The highest BCUT2D eigenvalue weighted by molar-refractivity contribution is 6.08. The number of rotatable bonds is 8. The number of fused-ring (bicyclic) bond motifs is 1. The average molecular weight is 416 g/mol. The molecule has 0 unspecified atom stereocenters. The molecular weight excluding hydrogens is 392 g/mol. The summed E-state index contributed by atoms with van der Waals surface area (Å²) >= 11 is 0. The molecule has 0 aromatic heterocycles. The fourth-order valence-corrected chi connectivity index (χ4v) is 3.20. The smallest absolute Gasteiger partial charge is 0.271 e. The Morgan fingerprint density at radius 1 is 1.07 bits per heavy atom. The van der Waals surface area contributed by atoms with Gasteiger partial charge in [-0.1, -0.05) is 0 Å². The number of ether oxygens (including phenoxy) is 4. The van der Waals surface area contributed by atoms with Crippen molar-refractivity contribution in [2.45, 2.75) is 20.8 Å². The second kappa shape index (κ2) is 9.34. The minimum atomic E-state index is -0.505. The lowest BCUT2D eigenvalue weighted by molar-refractivity contribution is -0.384. The Balaban J connectivity index is 2.05. The minimum Gasteiger partial charge on any atom is -0.490 e.